The number of rotatable bonds is 2. The van der Waals surface area contributed by atoms with Gasteiger partial charge in [-0.3, -0.25) is 4.79 Å². The number of thiazole rings is 1. The first-order valence-electron chi connectivity index (χ1n) is 7.90. The Morgan fingerprint density at radius 3 is 2.64 bits per heavy atom. The van der Waals surface area contributed by atoms with Crippen LogP contribution in [0.5, 0.6) is 0 Å². The van der Waals surface area contributed by atoms with E-state index in [1.807, 2.05) is 16.7 Å². The van der Waals surface area contributed by atoms with Crippen LogP contribution in [0.1, 0.15) is 30.6 Å². The van der Waals surface area contributed by atoms with Gasteiger partial charge < -0.3 is 15.1 Å². The number of urea groups is 1. The highest BCUT2D eigenvalue weighted by Gasteiger charge is 2.31. The van der Waals surface area contributed by atoms with E-state index >= 15 is 0 Å². The average Bonchev–Trinajstić information content (AvgIpc) is 3.18. The number of nitrogens with one attached hydrogen (secondary N) is 1. The Morgan fingerprint density at radius 1 is 1.23 bits per heavy atom. The minimum atomic E-state index is -0.135. The van der Waals surface area contributed by atoms with Crippen molar-refractivity contribution in [3.05, 3.63) is 11.1 Å². The number of carbonyl (C=O) groups excluding carboxylic acids is 2. The van der Waals surface area contributed by atoms with E-state index in [9.17, 15) is 9.59 Å². The van der Waals surface area contributed by atoms with E-state index in [1.165, 1.54) is 11.3 Å². The van der Waals surface area contributed by atoms with Crippen LogP contribution < -0.4 is 5.32 Å². The summed E-state index contributed by atoms with van der Waals surface area (Å²) >= 11 is 1.48. The summed E-state index contributed by atoms with van der Waals surface area (Å²) in [5, 5.41) is 3.52. The zero-order chi connectivity index (χ0) is 15.5. The number of amides is 3. The van der Waals surface area contributed by atoms with Crippen molar-refractivity contribution in [3.8, 4) is 0 Å². The van der Waals surface area contributed by atoms with Gasteiger partial charge in [-0.2, -0.15) is 0 Å². The summed E-state index contributed by atoms with van der Waals surface area (Å²) in [4.78, 5) is 33.8. The molecule has 6 nitrogen and oxygen atoms in total. The Kier molecular flexibility index (Phi) is 4.61. The molecule has 3 rings (SSSR count). The summed E-state index contributed by atoms with van der Waals surface area (Å²) < 4.78 is 0. The molecule has 1 aromatic rings. The molecule has 3 heterocycles. The van der Waals surface area contributed by atoms with Crippen LogP contribution in [0, 0.1) is 12.8 Å². The van der Waals surface area contributed by atoms with Gasteiger partial charge in [-0.15, -0.1) is 11.3 Å². The van der Waals surface area contributed by atoms with Crippen molar-refractivity contribution in [2.24, 2.45) is 5.92 Å². The van der Waals surface area contributed by atoms with Gasteiger partial charge in [0.05, 0.1) is 5.92 Å². The molecular formula is C15H22N4O2S. The minimum Gasteiger partial charge on any atom is -0.325 e. The number of hydrogen-bond acceptors (Lipinski definition) is 4. The Hall–Kier alpha value is -1.63. The maximum atomic E-state index is 12.4. The van der Waals surface area contributed by atoms with E-state index in [0.717, 1.165) is 50.2 Å². The number of nitrogens with zero attached hydrogens (tertiary/aromatic N) is 3. The maximum Gasteiger partial charge on any atom is 0.320 e. The van der Waals surface area contributed by atoms with Gasteiger partial charge in [0.1, 0.15) is 0 Å². The fourth-order valence-electron chi connectivity index (χ4n) is 3.09. The Labute approximate surface area is 134 Å². The molecule has 3 amide bonds. The average molecular weight is 322 g/mol. The van der Waals surface area contributed by atoms with Crippen LogP contribution >= 0.6 is 11.3 Å². The fourth-order valence-corrected chi connectivity index (χ4v) is 3.76. The van der Waals surface area contributed by atoms with Crippen molar-refractivity contribution >= 4 is 28.4 Å². The molecule has 0 spiro atoms. The molecule has 0 radical (unpaired) electrons. The third-order valence-corrected chi connectivity index (χ3v) is 5.12. The lowest BCUT2D eigenvalue weighted by Crippen LogP contribution is -2.48. The normalized spacial score (nSPS) is 22.0. The van der Waals surface area contributed by atoms with Crippen molar-refractivity contribution in [1.29, 1.82) is 0 Å². The number of aromatic nitrogens is 1. The van der Waals surface area contributed by atoms with E-state index in [4.69, 9.17) is 0 Å². The third-order valence-electron chi connectivity index (χ3n) is 4.29. The van der Waals surface area contributed by atoms with Gasteiger partial charge in [-0.05, 0) is 32.6 Å². The smallest absolute Gasteiger partial charge is 0.320 e. The molecule has 0 saturated carbocycles. The summed E-state index contributed by atoms with van der Waals surface area (Å²) in [6.07, 6.45) is 5.65. The van der Waals surface area contributed by atoms with Crippen molar-refractivity contribution < 1.29 is 9.59 Å². The molecule has 22 heavy (non-hydrogen) atoms. The molecular weight excluding hydrogens is 300 g/mol. The summed E-state index contributed by atoms with van der Waals surface area (Å²) in [5.74, 6) is -0.155. The molecule has 0 aromatic carbocycles. The standard InChI is InChI=1S/C15H22N4O2S/c1-11-9-16-14(22-11)17-13(20)12-5-4-8-19(10-12)15(21)18-6-2-3-7-18/h9,12H,2-8,10H2,1H3,(H,16,17,20)/t12-/m1/s1. The quantitative estimate of drug-likeness (QED) is 0.909. The van der Waals surface area contributed by atoms with E-state index in [1.54, 1.807) is 6.20 Å². The Bertz CT molecular complexity index is 553. The molecule has 1 aromatic heterocycles. The first-order valence-corrected chi connectivity index (χ1v) is 8.72. The molecule has 0 bridgehead atoms. The zero-order valence-corrected chi connectivity index (χ0v) is 13.7. The molecule has 2 fully saturated rings. The van der Waals surface area contributed by atoms with Crippen LogP contribution in [0.4, 0.5) is 9.93 Å². The van der Waals surface area contributed by atoms with E-state index in [-0.39, 0.29) is 17.9 Å². The van der Waals surface area contributed by atoms with Gasteiger partial charge in [0.2, 0.25) is 5.91 Å². The highest BCUT2D eigenvalue weighted by atomic mass is 32.1. The summed E-state index contributed by atoms with van der Waals surface area (Å²) in [6, 6.07) is 0.0973. The number of likely N-dealkylation sites (tertiary alicyclic amines) is 2. The van der Waals surface area contributed by atoms with E-state index < -0.39 is 0 Å². The molecule has 0 aliphatic carbocycles. The van der Waals surface area contributed by atoms with Crippen LogP contribution in [0.15, 0.2) is 6.20 Å². The third kappa shape index (κ3) is 3.40. The van der Waals surface area contributed by atoms with Gasteiger partial charge in [-0.1, -0.05) is 0 Å². The number of carbonyl (C=O) groups is 2. The minimum absolute atomic E-state index is 0.0201. The summed E-state index contributed by atoms with van der Waals surface area (Å²) in [7, 11) is 0. The Morgan fingerprint density at radius 2 is 1.95 bits per heavy atom. The predicted molar refractivity (Wildman–Crippen MR) is 86.0 cm³/mol. The number of anilines is 1. The van der Waals surface area contributed by atoms with Gasteiger partial charge in [0, 0.05) is 37.3 Å². The van der Waals surface area contributed by atoms with Crippen molar-refractivity contribution in [3.63, 3.8) is 0 Å². The molecule has 1 atom stereocenters. The molecule has 2 aliphatic heterocycles. The number of hydrogen-bond donors (Lipinski definition) is 1. The zero-order valence-electron chi connectivity index (χ0n) is 12.9. The lowest BCUT2D eigenvalue weighted by molar-refractivity contribution is -0.121. The molecule has 7 heteroatoms. The predicted octanol–water partition coefficient (Wildman–Crippen LogP) is 2.32. The first kappa shape index (κ1) is 15.3. The molecule has 2 aliphatic rings. The van der Waals surface area contributed by atoms with Crippen LogP contribution in [0.2, 0.25) is 0 Å². The number of piperidine rings is 1. The van der Waals surface area contributed by atoms with Crippen LogP contribution in [-0.4, -0.2) is 52.9 Å². The first-order chi connectivity index (χ1) is 10.6. The maximum absolute atomic E-state index is 12.4. The molecule has 120 valence electrons. The fraction of sp³-hybridized carbons (Fsp3) is 0.667. The highest BCUT2D eigenvalue weighted by Crippen LogP contribution is 2.23. The van der Waals surface area contributed by atoms with E-state index in [0.29, 0.717) is 11.7 Å². The van der Waals surface area contributed by atoms with Gasteiger partial charge in [-0.25, -0.2) is 9.78 Å². The van der Waals surface area contributed by atoms with Crippen molar-refractivity contribution in [2.45, 2.75) is 32.6 Å². The highest BCUT2D eigenvalue weighted by molar-refractivity contribution is 7.15. The second-order valence-electron chi connectivity index (χ2n) is 6.03. The lowest BCUT2D eigenvalue weighted by Gasteiger charge is -2.34. The number of aryl methyl sites for hydroxylation is 1. The SMILES string of the molecule is Cc1cnc(NC(=O)[C@@H]2CCCN(C(=O)N3CCCC3)C2)s1. The van der Waals surface area contributed by atoms with Gasteiger partial charge >= 0.3 is 6.03 Å². The monoisotopic (exact) mass is 322 g/mol. The molecule has 2 saturated heterocycles. The van der Waals surface area contributed by atoms with Gasteiger partial charge in [0.25, 0.3) is 0 Å². The summed E-state index contributed by atoms with van der Waals surface area (Å²) in [5.41, 5.74) is 0. The topological polar surface area (TPSA) is 65.5 Å². The van der Waals surface area contributed by atoms with Crippen molar-refractivity contribution in [1.82, 2.24) is 14.8 Å². The molecule has 1 N–H and O–H groups in total. The van der Waals surface area contributed by atoms with Crippen LogP contribution in [0.25, 0.3) is 0 Å². The second kappa shape index (κ2) is 6.64. The van der Waals surface area contributed by atoms with Crippen molar-refractivity contribution in [2.75, 3.05) is 31.5 Å². The lowest BCUT2D eigenvalue weighted by atomic mass is 9.97. The summed E-state index contributed by atoms with van der Waals surface area (Å²) in [6.45, 7) is 4.94. The Balaban J connectivity index is 1.57. The largest absolute Gasteiger partial charge is 0.325 e. The van der Waals surface area contributed by atoms with E-state index in [2.05, 4.69) is 10.3 Å². The van der Waals surface area contributed by atoms with Crippen LogP contribution in [0.3, 0.4) is 0 Å². The van der Waals surface area contributed by atoms with Crippen LogP contribution in [-0.2, 0) is 4.79 Å². The second-order valence-corrected chi connectivity index (χ2v) is 7.26. The van der Waals surface area contributed by atoms with Gasteiger partial charge in [0.15, 0.2) is 5.13 Å². The molecule has 0 unspecified atom stereocenters.